The fraction of sp³-hybridized carbons (Fsp3) is 0.409. The van der Waals surface area contributed by atoms with Crippen molar-refractivity contribution in [2.75, 3.05) is 14.1 Å². The number of ketones is 2. The van der Waals surface area contributed by atoms with Gasteiger partial charge in [-0.2, -0.15) is 0 Å². The van der Waals surface area contributed by atoms with Gasteiger partial charge in [0.2, 0.25) is 5.78 Å². The number of carbonyl (C=O) groups excluding carboxylic acids is 3. The molecule has 6 atom stereocenters. The number of likely N-dealkylation sites (N-methyl/N-ethyl adjacent to an activating group) is 1. The normalized spacial score (nSPS) is 33.7. The second kappa shape index (κ2) is 7.52. The minimum Gasteiger partial charge on any atom is -0.508 e. The Morgan fingerprint density at radius 2 is 1.79 bits per heavy atom. The Labute approximate surface area is 202 Å². The van der Waals surface area contributed by atoms with E-state index in [2.05, 4.69) is 0 Å². The summed E-state index contributed by atoms with van der Waals surface area (Å²) in [5.41, 5.74) is 1.52. The first-order chi connectivity index (χ1) is 15.3. The molecule has 1 amide bonds. The molecule has 0 aromatic heterocycles. The van der Waals surface area contributed by atoms with Crippen molar-refractivity contribution in [1.82, 2.24) is 4.90 Å². The molecule has 10 nitrogen and oxygen atoms in total. The SMILES string of the molecule is C[C@H]1c2c(I)ccc(O)c2C(O)=C2C(=O)[C@]3(O)C(O)=C(C(N)=O)C(=O)[C@@H](N(C)C)C3[C@@H](O)C21. The van der Waals surface area contributed by atoms with Crippen LogP contribution >= 0.6 is 22.6 Å². The molecule has 3 aliphatic carbocycles. The monoisotopic (exact) mass is 570 g/mol. The number of nitrogens with zero attached hydrogens (tertiary/aromatic N) is 1. The molecule has 1 fully saturated rings. The number of nitrogens with two attached hydrogens (primary N) is 1. The van der Waals surface area contributed by atoms with E-state index in [-0.39, 0.29) is 11.3 Å². The van der Waals surface area contributed by atoms with Crippen LogP contribution in [0.25, 0.3) is 5.76 Å². The number of halogens is 1. The predicted octanol–water partition coefficient (Wildman–Crippen LogP) is 0.100. The first-order valence-electron chi connectivity index (χ1n) is 10.1. The van der Waals surface area contributed by atoms with Gasteiger partial charge in [0.15, 0.2) is 11.4 Å². The van der Waals surface area contributed by atoms with Gasteiger partial charge in [0.05, 0.1) is 23.6 Å². The Bertz CT molecular complexity index is 1190. The van der Waals surface area contributed by atoms with E-state index in [1.165, 1.54) is 25.1 Å². The van der Waals surface area contributed by atoms with Gasteiger partial charge in [0, 0.05) is 15.1 Å². The van der Waals surface area contributed by atoms with Gasteiger partial charge in [-0.25, -0.2) is 0 Å². The number of phenols is 1. The Morgan fingerprint density at radius 1 is 1.18 bits per heavy atom. The average molecular weight is 570 g/mol. The zero-order valence-corrected chi connectivity index (χ0v) is 20.1. The molecule has 1 aromatic rings. The molecule has 11 heteroatoms. The predicted molar refractivity (Wildman–Crippen MR) is 123 cm³/mol. The van der Waals surface area contributed by atoms with Crippen LogP contribution in [0.15, 0.2) is 29.0 Å². The number of hydrogen-bond acceptors (Lipinski definition) is 9. The number of hydrogen-bond donors (Lipinski definition) is 6. The molecule has 4 rings (SSSR count). The number of primary amides is 1. The molecular weight excluding hydrogens is 547 g/mol. The first-order valence-corrected chi connectivity index (χ1v) is 11.2. The van der Waals surface area contributed by atoms with Gasteiger partial charge in [-0.1, -0.05) is 6.92 Å². The summed E-state index contributed by atoms with van der Waals surface area (Å²) in [5, 5.41) is 55.3. The zero-order valence-electron chi connectivity index (χ0n) is 17.9. The molecule has 0 aliphatic heterocycles. The van der Waals surface area contributed by atoms with E-state index >= 15 is 0 Å². The van der Waals surface area contributed by atoms with Crippen molar-refractivity contribution >= 4 is 45.8 Å². The van der Waals surface area contributed by atoms with Crippen LogP contribution in [0, 0.1) is 15.4 Å². The van der Waals surface area contributed by atoms with E-state index in [0.717, 1.165) is 0 Å². The number of aliphatic hydroxyl groups excluding tert-OH is 3. The fourth-order valence-corrected chi connectivity index (χ4v) is 6.58. The zero-order chi connectivity index (χ0) is 24.7. The lowest BCUT2D eigenvalue weighted by molar-refractivity contribution is -0.169. The van der Waals surface area contributed by atoms with Crippen molar-refractivity contribution in [3.05, 3.63) is 43.7 Å². The number of phenolic OH excluding ortho intramolecular Hbond substituents is 1. The Hall–Kier alpha value is -2.48. The van der Waals surface area contributed by atoms with E-state index in [4.69, 9.17) is 5.73 Å². The van der Waals surface area contributed by atoms with Gasteiger partial charge in [-0.3, -0.25) is 19.3 Å². The molecule has 33 heavy (non-hydrogen) atoms. The topological polar surface area (TPSA) is 182 Å². The van der Waals surface area contributed by atoms with Crippen LogP contribution in [-0.4, -0.2) is 79.7 Å². The third-order valence-corrected chi connectivity index (χ3v) is 8.00. The van der Waals surface area contributed by atoms with Crippen LogP contribution in [0.3, 0.4) is 0 Å². The minimum absolute atomic E-state index is 0.0158. The molecule has 176 valence electrons. The Balaban J connectivity index is 2.08. The van der Waals surface area contributed by atoms with Gasteiger partial charge < -0.3 is 31.3 Å². The molecule has 0 heterocycles. The first kappa shape index (κ1) is 23.7. The molecule has 0 radical (unpaired) electrons. The third kappa shape index (κ3) is 2.85. The van der Waals surface area contributed by atoms with Crippen molar-refractivity contribution in [3.8, 4) is 5.75 Å². The maximum Gasteiger partial charge on any atom is 0.255 e. The number of aliphatic hydroxyl groups is 4. The number of fused-ring (bicyclic) bond motifs is 3. The molecule has 1 aromatic carbocycles. The summed E-state index contributed by atoms with van der Waals surface area (Å²) in [6.07, 6.45) is -1.60. The van der Waals surface area contributed by atoms with Crippen molar-refractivity contribution in [2.24, 2.45) is 17.6 Å². The fourth-order valence-electron chi connectivity index (χ4n) is 5.64. The van der Waals surface area contributed by atoms with Crippen LogP contribution in [0.4, 0.5) is 0 Å². The van der Waals surface area contributed by atoms with Gasteiger partial charge >= 0.3 is 0 Å². The second-order valence-corrected chi connectivity index (χ2v) is 10.1. The molecule has 0 spiro atoms. The van der Waals surface area contributed by atoms with Crippen molar-refractivity contribution in [3.63, 3.8) is 0 Å². The average Bonchev–Trinajstić information content (AvgIpc) is 2.72. The van der Waals surface area contributed by atoms with E-state index < -0.39 is 75.6 Å². The number of amides is 1. The minimum atomic E-state index is -2.90. The number of Topliss-reactive ketones (excluding diaryl/α,β-unsaturated/α-hetero) is 2. The van der Waals surface area contributed by atoms with Crippen molar-refractivity contribution in [1.29, 1.82) is 0 Å². The molecule has 1 saturated carbocycles. The number of rotatable bonds is 2. The van der Waals surface area contributed by atoms with E-state index in [9.17, 15) is 39.9 Å². The largest absolute Gasteiger partial charge is 0.508 e. The van der Waals surface area contributed by atoms with Crippen LogP contribution < -0.4 is 5.73 Å². The second-order valence-electron chi connectivity index (χ2n) is 8.90. The van der Waals surface area contributed by atoms with Gasteiger partial charge in [-0.15, -0.1) is 0 Å². The number of aromatic hydroxyl groups is 1. The Kier molecular flexibility index (Phi) is 5.39. The summed E-state index contributed by atoms with van der Waals surface area (Å²) in [6.45, 7) is 1.69. The maximum atomic E-state index is 13.7. The molecule has 2 unspecified atom stereocenters. The summed E-state index contributed by atoms with van der Waals surface area (Å²) in [6, 6.07) is 1.60. The van der Waals surface area contributed by atoms with Crippen molar-refractivity contribution in [2.45, 2.75) is 30.6 Å². The summed E-state index contributed by atoms with van der Waals surface area (Å²) < 4.78 is 0.668. The third-order valence-electron chi connectivity index (χ3n) is 7.05. The molecular formula is C22H23IN2O8. The van der Waals surface area contributed by atoms with Crippen LogP contribution in [-0.2, 0) is 14.4 Å². The maximum absolute atomic E-state index is 13.7. The number of benzene rings is 1. The number of carbonyl (C=O) groups is 3. The summed E-state index contributed by atoms with van der Waals surface area (Å²) in [4.78, 5) is 40.1. The lowest BCUT2D eigenvalue weighted by Gasteiger charge is -2.53. The lowest BCUT2D eigenvalue weighted by Crippen LogP contribution is -2.70. The van der Waals surface area contributed by atoms with Crippen LogP contribution in [0.5, 0.6) is 5.75 Å². The summed E-state index contributed by atoms with van der Waals surface area (Å²) in [5.74, 6) is -8.89. The van der Waals surface area contributed by atoms with Gasteiger partial charge in [-0.05, 0) is 60.3 Å². The summed E-state index contributed by atoms with van der Waals surface area (Å²) in [7, 11) is 2.93. The highest BCUT2D eigenvalue weighted by atomic mass is 127. The van der Waals surface area contributed by atoms with Gasteiger partial charge in [0.25, 0.3) is 5.91 Å². The van der Waals surface area contributed by atoms with E-state index in [0.29, 0.717) is 9.13 Å². The van der Waals surface area contributed by atoms with Crippen molar-refractivity contribution < 1.29 is 39.9 Å². The quantitative estimate of drug-likeness (QED) is 0.212. The highest BCUT2D eigenvalue weighted by Gasteiger charge is 2.68. The molecule has 7 N–H and O–H groups in total. The molecule has 0 saturated heterocycles. The molecule has 0 bridgehead atoms. The molecule has 3 aliphatic rings. The summed E-state index contributed by atoms with van der Waals surface area (Å²) >= 11 is 2.01. The van der Waals surface area contributed by atoms with E-state index in [1.807, 2.05) is 22.6 Å². The van der Waals surface area contributed by atoms with E-state index in [1.54, 1.807) is 13.0 Å². The Morgan fingerprint density at radius 3 is 2.33 bits per heavy atom. The standard InChI is InChI=1S/C22H23IN2O8/c1-6-9-7(23)4-5-8(26)11(9)16(27)12-10(6)17(28)14-15(25(2)3)18(29)13(21(24)32)20(31)22(14,33)19(12)30/h4-6,10,14-15,17,26-28,31,33H,1-3H3,(H2,24,32)/t6-,10?,14?,15-,17-,22-/m0/s1. The highest BCUT2D eigenvalue weighted by molar-refractivity contribution is 14.1. The lowest BCUT2D eigenvalue weighted by atomic mass is 9.54. The smallest absolute Gasteiger partial charge is 0.255 e. The van der Waals surface area contributed by atoms with Gasteiger partial charge in [0.1, 0.15) is 22.8 Å². The van der Waals surface area contributed by atoms with Crippen LogP contribution in [0.1, 0.15) is 24.0 Å². The van der Waals surface area contributed by atoms with Crippen LogP contribution in [0.2, 0.25) is 0 Å². The highest BCUT2D eigenvalue weighted by Crippen LogP contribution is 2.56.